The summed E-state index contributed by atoms with van der Waals surface area (Å²) < 4.78 is 41.1. The molecule has 0 spiro atoms. The first-order valence-electron chi connectivity index (χ1n) is 12.0. The molecule has 0 fully saturated rings. The number of hydrogen-bond donors (Lipinski definition) is 0. The maximum Gasteiger partial charge on any atom is 0.355 e. The lowest BCUT2D eigenvalue weighted by Crippen LogP contribution is -2.15. The van der Waals surface area contributed by atoms with E-state index in [2.05, 4.69) is 31.8 Å². The van der Waals surface area contributed by atoms with E-state index in [-0.39, 0.29) is 30.3 Å². The van der Waals surface area contributed by atoms with Crippen molar-refractivity contribution in [1.29, 1.82) is 0 Å². The van der Waals surface area contributed by atoms with Gasteiger partial charge in [0.25, 0.3) is 0 Å². The number of pyridine rings is 1. The molecule has 4 rings (SSSR count). The number of carbonyl (C=O) groups excluding carboxylic acids is 1. The van der Waals surface area contributed by atoms with Gasteiger partial charge in [-0.05, 0) is 54.7 Å². The minimum atomic E-state index is -0.683. The summed E-state index contributed by atoms with van der Waals surface area (Å²) in [5.41, 5.74) is 3.58. The van der Waals surface area contributed by atoms with Crippen molar-refractivity contribution in [3.63, 3.8) is 0 Å². The second kappa shape index (κ2) is 10.5. The van der Waals surface area contributed by atoms with Crippen LogP contribution in [0.4, 0.5) is 8.78 Å². The van der Waals surface area contributed by atoms with Gasteiger partial charge in [-0.15, -0.1) is 0 Å². The molecule has 0 aliphatic rings. The third kappa shape index (κ3) is 4.70. The number of nitrogens with zero attached hydrogens (tertiary/aromatic N) is 2. The predicted molar refractivity (Wildman–Crippen MR) is 136 cm³/mol. The Bertz CT molecular complexity index is 1410. The Morgan fingerprint density at radius 3 is 2.53 bits per heavy atom. The Kier molecular flexibility index (Phi) is 7.38. The fourth-order valence-electron chi connectivity index (χ4n) is 4.45. The molecule has 36 heavy (non-hydrogen) atoms. The summed E-state index contributed by atoms with van der Waals surface area (Å²) in [6.45, 7) is 8.40. The number of methoxy groups -OCH3 is 1. The first-order valence-corrected chi connectivity index (χ1v) is 12.0. The van der Waals surface area contributed by atoms with Gasteiger partial charge in [-0.3, -0.25) is 0 Å². The van der Waals surface area contributed by atoms with Crippen LogP contribution < -0.4 is 4.74 Å². The smallest absolute Gasteiger partial charge is 0.355 e. The highest BCUT2D eigenvalue weighted by Gasteiger charge is 2.28. The lowest BCUT2D eigenvalue weighted by atomic mass is 9.89. The highest BCUT2D eigenvalue weighted by atomic mass is 19.1. The van der Waals surface area contributed by atoms with E-state index in [4.69, 9.17) is 9.47 Å². The molecule has 0 aliphatic heterocycles. The molecule has 0 radical (unpaired) electrons. The van der Waals surface area contributed by atoms with Crippen molar-refractivity contribution in [1.82, 2.24) is 9.55 Å². The fourth-order valence-corrected chi connectivity index (χ4v) is 4.45. The Hall–Kier alpha value is -3.74. The number of benzene rings is 2. The second-order valence-corrected chi connectivity index (χ2v) is 9.14. The first-order chi connectivity index (χ1) is 17.3. The quantitative estimate of drug-likeness (QED) is 0.249. The van der Waals surface area contributed by atoms with E-state index in [0.29, 0.717) is 22.9 Å². The summed E-state index contributed by atoms with van der Waals surface area (Å²) in [5.74, 6) is -0.863. The summed E-state index contributed by atoms with van der Waals surface area (Å²) in [6, 6.07) is 13.1. The van der Waals surface area contributed by atoms with E-state index in [1.54, 1.807) is 23.8 Å². The first kappa shape index (κ1) is 25.4. The Balaban J connectivity index is 2.09. The third-order valence-corrected chi connectivity index (χ3v) is 6.66. The van der Waals surface area contributed by atoms with Crippen LogP contribution in [-0.2, 0) is 11.3 Å². The molecule has 0 N–H and O–H groups in total. The van der Waals surface area contributed by atoms with Gasteiger partial charge in [0.15, 0.2) is 0 Å². The molecular weight excluding hydrogens is 462 g/mol. The van der Waals surface area contributed by atoms with Gasteiger partial charge < -0.3 is 14.0 Å². The number of hydrogen-bond acceptors (Lipinski definition) is 4. The molecule has 0 amide bonds. The average Bonchev–Trinajstić information content (AvgIpc) is 3.18. The van der Waals surface area contributed by atoms with Crippen molar-refractivity contribution in [3.8, 4) is 17.0 Å². The van der Waals surface area contributed by atoms with Crippen LogP contribution in [0.1, 0.15) is 55.2 Å². The zero-order chi connectivity index (χ0) is 26.0. The Morgan fingerprint density at radius 1 is 1.08 bits per heavy atom. The van der Waals surface area contributed by atoms with Crippen molar-refractivity contribution in [3.05, 3.63) is 83.2 Å². The molecule has 0 bridgehead atoms. The Labute approximate surface area is 209 Å². The van der Waals surface area contributed by atoms with Gasteiger partial charge in [-0.25, -0.2) is 18.6 Å². The largest absolute Gasteiger partial charge is 0.481 e. The SMILES string of the molecule is CCOC(=O)c1c(-c2cccnc2OC)c2cc(C(C)C(C)C)ccc2n1Cc1ccc(F)cc1F. The zero-order valence-corrected chi connectivity index (χ0v) is 21.1. The number of fused-ring (bicyclic) bond motifs is 1. The van der Waals surface area contributed by atoms with Crippen LogP contribution in [0.5, 0.6) is 5.88 Å². The van der Waals surface area contributed by atoms with Crippen molar-refractivity contribution in [2.45, 2.75) is 40.2 Å². The van der Waals surface area contributed by atoms with Gasteiger partial charge in [-0.1, -0.05) is 32.9 Å². The van der Waals surface area contributed by atoms with Crippen molar-refractivity contribution in [2.75, 3.05) is 13.7 Å². The van der Waals surface area contributed by atoms with Gasteiger partial charge in [0.2, 0.25) is 5.88 Å². The average molecular weight is 493 g/mol. The second-order valence-electron chi connectivity index (χ2n) is 9.14. The number of ether oxygens (including phenoxy) is 2. The van der Waals surface area contributed by atoms with Crippen LogP contribution in [-0.4, -0.2) is 29.2 Å². The number of esters is 1. The lowest BCUT2D eigenvalue weighted by molar-refractivity contribution is 0.0516. The molecule has 7 heteroatoms. The summed E-state index contributed by atoms with van der Waals surface area (Å²) in [7, 11) is 1.52. The van der Waals surface area contributed by atoms with E-state index in [0.717, 1.165) is 22.5 Å². The number of aromatic nitrogens is 2. The van der Waals surface area contributed by atoms with Crippen LogP contribution in [0.15, 0.2) is 54.7 Å². The maximum absolute atomic E-state index is 14.7. The lowest BCUT2D eigenvalue weighted by Gasteiger charge is -2.16. The van der Waals surface area contributed by atoms with E-state index in [9.17, 15) is 13.6 Å². The summed E-state index contributed by atoms with van der Waals surface area (Å²) in [5, 5.41) is 0.803. The third-order valence-electron chi connectivity index (χ3n) is 6.66. The highest BCUT2D eigenvalue weighted by Crippen LogP contribution is 2.41. The molecule has 4 aromatic rings. The standard InChI is InChI=1S/C29H30F2N2O3/c1-6-36-29(34)27-26(22-8-7-13-32-28(22)35-5)23-14-19(18(4)17(2)3)10-12-25(23)33(27)16-20-9-11-21(30)15-24(20)31/h7-15,17-18H,6,16H2,1-5H3. The van der Waals surface area contributed by atoms with Gasteiger partial charge in [-0.2, -0.15) is 0 Å². The molecule has 0 aliphatic carbocycles. The number of rotatable bonds is 8. The normalized spacial score (nSPS) is 12.2. The number of carbonyl (C=O) groups is 1. The highest BCUT2D eigenvalue weighted by molar-refractivity contribution is 6.09. The molecule has 188 valence electrons. The summed E-state index contributed by atoms with van der Waals surface area (Å²) in [4.78, 5) is 17.8. The topological polar surface area (TPSA) is 53.4 Å². The van der Waals surface area contributed by atoms with Gasteiger partial charge >= 0.3 is 5.97 Å². The van der Waals surface area contributed by atoms with Crippen LogP contribution >= 0.6 is 0 Å². The van der Waals surface area contributed by atoms with Crippen molar-refractivity contribution < 1.29 is 23.0 Å². The molecule has 2 aromatic heterocycles. The molecule has 0 saturated carbocycles. The monoisotopic (exact) mass is 492 g/mol. The molecule has 1 unspecified atom stereocenters. The maximum atomic E-state index is 14.7. The minimum Gasteiger partial charge on any atom is -0.481 e. The van der Waals surface area contributed by atoms with Crippen LogP contribution in [0.25, 0.3) is 22.0 Å². The van der Waals surface area contributed by atoms with Gasteiger partial charge in [0, 0.05) is 39.9 Å². The van der Waals surface area contributed by atoms with E-state index >= 15 is 0 Å². The van der Waals surface area contributed by atoms with Gasteiger partial charge in [0.05, 0.1) is 20.3 Å². The van der Waals surface area contributed by atoms with Crippen LogP contribution in [0.3, 0.4) is 0 Å². The minimum absolute atomic E-state index is 0.0123. The Morgan fingerprint density at radius 2 is 1.86 bits per heavy atom. The van der Waals surface area contributed by atoms with Crippen molar-refractivity contribution >= 4 is 16.9 Å². The molecule has 0 saturated heterocycles. The van der Waals surface area contributed by atoms with Crippen LogP contribution in [0, 0.1) is 17.6 Å². The van der Waals surface area contributed by atoms with E-state index < -0.39 is 17.6 Å². The summed E-state index contributed by atoms with van der Waals surface area (Å²) in [6.07, 6.45) is 1.62. The molecule has 2 aromatic carbocycles. The molecular formula is C29H30F2N2O3. The molecule has 5 nitrogen and oxygen atoms in total. The molecule has 2 heterocycles. The fraction of sp³-hybridized carbons (Fsp3) is 0.310. The number of halogens is 2. The van der Waals surface area contributed by atoms with Gasteiger partial charge in [0.1, 0.15) is 17.3 Å². The van der Waals surface area contributed by atoms with Crippen molar-refractivity contribution in [2.24, 2.45) is 5.92 Å². The van der Waals surface area contributed by atoms with Crippen LogP contribution in [0.2, 0.25) is 0 Å². The molecule has 1 atom stereocenters. The zero-order valence-electron chi connectivity index (χ0n) is 21.1. The summed E-state index contributed by atoms with van der Waals surface area (Å²) >= 11 is 0. The predicted octanol–water partition coefficient (Wildman–Crippen LogP) is 6.97. The van der Waals surface area contributed by atoms with E-state index in [1.165, 1.54) is 19.2 Å². The van der Waals surface area contributed by atoms with E-state index in [1.807, 2.05) is 18.2 Å².